The molecular weight excluding hydrogens is 293 g/mol. The van der Waals surface area contributed by atoms with Crippen LogP contribution in [0.4, 0.5) is 18.9 Å². The van der Waals surface area contributed by atoms with Crippen LogP contribution in [0.3, 0.4) is 0 Å². The summed E-state index contributed by atoms with van der Waals surface area (Å²) in [5, 5.41) is 8.86. The minimum Gasteiger partial charge on any atom is -0.467 e. The average Bonchev–Trinajstić information content (AvgIpc) is 3.16. The van der Waals surface area contributed by atoms with Crippen LogP contribution < -0.4 is 4.90 Å². The lowest BCUT2D eigenvalue weighted by Gasteiger charge is -2.26. The van der Waals surface area contributed by atoms with Gasteiger partial charge in [-0.05, 0) is 43.2 Å². The van der Waals surface area contributed by atoms with Crippen molar-refractivity contribution in [1.82, 2.24) is 0 Å². The molecule has 22 heavy (non-hydrogen) atoms. The van der Waals surface area contributed by atoms with E-state index in [1.54, 1.807) is 24.5 Å². The Hall–Kier alpha value is -2.42. The van der Waals surface area contributed by atoms with Crippen LogP contribution in [0.15, 0.2) is 41.0 Å². The first-order valence-electron chi connectivity index (χ1n) is 6.92. The Bertz CT molecular complexity index is 701. The first-order chi connectivity index (χ1) is 10.5. The monoisotopic (exact) mass is 306 g/mol. The number of anilines is 1. The molecule has 0 aliphatic carbocycles. The van der Waals surface area contributed by atoms with Gasteiger partial charge in [0.05, 0.1) is 29.5 Å². The molecule has 1 aliphatic rings. The molecule has 1 fully saturated rings. The first-order valence-corrected chi connectivity index (χ1v) is 6.92. The number of halogens is 3. The highest BCUT2D eigenvalue weighted by Gasteiger charge is 2.35. The normalized spacial score (nSPS) is 18.5. The van der Waals surface area contributed by atoms with Crippen molar-refractivity contribution in [3.63, 3.8) is 0 Å². The maximum Gasteiger partial charge on any atom is 0.417 e. The number of nitrogens with zero attached hydrogens (tertiary/aromatic N) is 2. The molecule has 2 heterocycles. The first kappa shape index (κ1) is 14.5. The fraction of sp³-hybridized carbons (Fsp3) is 0.312. The van der Waals surface area contributed by atoms with Crippen LogP contribution >= 0.6 is 0 Å². The topological polar surface area (TPSA) is 40.2 Å². The Labute approximate surface area is 125 Å². The van der Waals surface area contributed by atoms with Crippen molar-refractivity contribution < 1.29 is 17.6 Å². The summed E-state index contributed by atoms with van der Waals surface area (Å²) in [6.45, 7) is 0.661. The molecule has 3 rings (SSSR count). The van der Waals surface area contributed by atoms with Gasteiger partial charge in [-0.15, -0.1) is 0 Å². The Balaban J connectivity index is 2.00. The van der Waals surface area contributed by atoms with E-state index in [-0.39, 0.29) is 11.6 Å². The number of furan rings is 1. The summed E-state index contributed by atoms with van der Waals surface area (Å²) >= 11 is 0. The SMILES string of the molecule is N#Cc1ccc(N2CCC[C@H]2c2ccco2)cc1C(F)(F)F. The van der Waals surface area contributed by atoms with Gasteiger partial charge in [-0.1, -0.05) is 0 Å². The molecule has 0 N–H and O–H groups in total. The standard InChI is InChI=1S/C16H13F3N2O/c17-16(18,19)13-9-12(6-5-11(13)10-20)21-7-1-3-14(21)15-4-2-8-22-15/h2,4-6,8-9,14H,1,3,7H2/t14-/m0/s1. The molecule has 2 aromatic rings. The van der Waals surface area contributed by atoms with Crippen molar-refractivity contribution >= 4 is 5.69 Å². The molecule has 1 atom stereocenters. The van der Waals surface area contributed by atoms with Gasteiger partial charge >= 0.3 is 6.18 Å². The summed E-state index contributed by atoms with van der Waals surface area (Å²) < 4.78 is 44.6. The number of hydrogen-bond acceptors (Lipinski definition) is 3. The molecule has 1 aromatic heterocycles. The van der Waals surface area contributed by atoms with E-state index in [1.807, 2.05) is 11.0 Å². The van der Waals surface area contributed by atoms with Gasteiger partial charge in [0.15, 0.2) is 0 Å². The van der Waals surface area contributed by atoms with E-state index in [2.05, 4.69) is 0 Å². The van der Waals surface area contributed by atoms with Crippen LogP contribution in [0.5, 0.6) is 0 Å². The second kappa shape index (κ2) is 5.41. The van der Waals surface area contributed by atoms with Gasteiger partial charge in [0.1, 0.15) is 5.76 Å². The Kier molecular flexibility index (Phi) is 3.57. The lowest BCUT2D eigenvalue weighted by Crippen LogP contribution is -2.23. The van der Waals surface area contributed by atoms with E-state index in [0.29, 0.717) is 12.2 Å². The van der Waals surface area contributed by atoms with Crippen LogP contribution in [0.1, 0.15) is 35.8 Å². The van der Waals surface area contributed by atoms with Crippen molar-refractivity contribution in [2.45, 2.75) is 25.1 Å². The molecule has 1 aliphatic heterocycles. The van der Waals surface area contributed by atoms with Gasteiger partial charge in [-0.2, -0.15) is 18.4 Å². The molecule has 0 radical (unpaired) electrons. The minimum absolute atomic E-state index is 0.0657. The Morgan fingerprint density at radius 1 is 1.27 bits per heavy atom. The summed E-state index contributed by atoms with van der Waals surface area (Å²) in [6, 6.07) is 8.99. The smallest absolute Gasteiger partial charge is 0.417 e. The summed E-state index contributed by atoms with van der Waals surface area (Å²) in [5.41, 5.74) is -0.784. The van der Waals surface area contributed by atoms with Gasteiger partial charge in [0.2, 0.25) is 0 Å². The van der Waals surface area contributed by atoms with E-state index in [1.165, 1.54) is 6.07 Å². The molecule has 1 aromatic carbocycles. The highest BCUT2D eigenvalue weighted by Crippen LogP contribution is 2.39. The lowest BCUT2D eigenvalue weighted by atomic mass is 10.1. The number of rotatable bonds is 2. The highest BCUT2D eigenvalue weighted by atomic mass is 19.4. The average molecular weight is 306 g/mol. The second-order valence-corrected chi connectivity index (χ2v) is 5.21. The molecule has 0 spiro atoms. The molecule has 0 saturated carbocycles. The third-order valence-electron chi connectivity index (χ3n) is 3.89. The predicted molar refractivity (Wildman–Crippen MR) is 74.2 cm³/mol. The number of benzene rings is 1. The fourth-order valence-electron chi connectivity index (χ4n) is 2.90. The Morgan fingerprint density at radius 2 is 2.09 bits per heavy atom. The van der Waals surface area contributed by atoms with Crippen molar-refractivity contribution in [2.24, 2.45) is 0 Å². The van der Waals surface area contributed by atoms with Crippen molar-refractivity contribution in [3.05, 3.63) is 53.5 Å². The van der Waals surface area contributed by atoms with E-state index in [4.69, 9.17) is 9.68 Å². The Morgan fingerprint density at radius 3 is 2.73 bits per heavy atom. The van der Waals surface area contributed by atoms with Gasteiger partial charge in [-0.3, -0.25) is 0 Å². The lowest BCUT2D eigenvalue weighted by molar-refractivity contribution is -0.137. The van der Waals surface area contributed by atoms with E-state index < -0.39 is 11.7 Å². The minimum atomic E-state index is -4.54. The van der Waals surface area contributed by atoms with Crippen LogP contribution in [-0.4, -0.2) is 6.54 Å². The van der Waals surface area contributed by atoms with Crippen LogP contribution in [0.2, 0.25) is 0 Å². The number of alkyl halides is 3. The van der Waals surface area contributed by atoms with Gasteiger partial charge < -0.3 is 9.32 Å². The highest BCUT2D eigenvalue weighted by molar-refractivity contribution is 5.56. The summed E-state index contributed by atoms with van der Waals surface area (Å²) in [7, 11) is 0. The summed E-state index contributed by atoms with van der Waals surface area (Å²) in [4.78, 5) is 1.90. The van der Waals surface area contributed by atoms with Crippen LogP contribution in [0, 0.1) is 11.3 Å². The molecule has 0 bridgehead atoms. The summed E-state index contributed by atoms with van der Waals surface area (Å²) in [5.74, 6) is 0.746. The van der Waals surface area contributed by atoms with Crippen molar-refractivity contribution in [3.8, 4) is 6.07 Å². The van der Waals surface area contributed by atoms with Gasteiger partial charge in [0.25, 0.3) is 0 Å². The molecular formula is C16H13F3N2O. The summed E-state index contributed by atoms with van der Waals surface area (Å²) in [6.07, 6.45) is -1.27. The van der Waals surface area contributed by atoms with Crippen LogP contribution in [0.25, 0.3) is 0 Å². The zero-order valence-electron chi connectivity index (χ0n) is 11.6. The number of hydrogen-bond donors (Lipinski definition) is 0. The molecule has 3 nitrogen and oxygen atoms in total. The van der Waals surface area contributed by atoms with E-state index in [9.17, 15) is 13.2 Å². The van der Waals surface area contributed by atoms with Gasteiger partial charge in [-0.25, -0.2) is 0 Å². The fourth-order valence-corrected chi connectivity index (χ4v) is 2.90. The predicted octanol–water partition coefficient (Wildman–Crippen LogP) is 4.51. The zero-order valence-corrected chi connectivity index (χ0v) is 11.6. The maximum absolute atomic E-state index is 13.1. The molecule has 0 unspecified atom stereocenters. The molecule has 6 heteroatoms. The maximum atomic E-state index is 13.1. The third-order valence-corrected chi connectivity index (χ3v) is 3.89. The molecule has 1 saturated heterocycles. The van der Waals surface area contributed by atoms with E-state index >= 15 is 0 Å². The number of nitriles is 1. The molecule has 0 amide bonds. The second-order valence-electron chi connectivity index (χ2n) is 5.21. The quantitative estimate of drug-likeness (QED) is 0.819. The van der Waals surface area contributed by atoms with Crippen LogP contribution in [-0.2, 0) is 6.18 Å². The van der Waals surface area contributed by atoms with Crippen molar-refractivity contribution in [1.29, 1.82) is 5.26 Å². The third kappa shape index (κ3) is 2.54. The van der Waals surface area contributed by atoms with Gasteiger partial charge in [0, 0.05) is 12.2 Å². The van der Waals surface area contributed by atoms with Crippen molar-refractivity contribution in [2.75, 3.05) is 11.4 Å². The van der Waals surface area contributed by atoms with E-state index in [0.717, 1.165) is 24.7 Å². The molecule has 114 valence electrons. The largest absolute Gasteiger partial charge is 0.467 e. The zero-order chi connectivity index (χ0) is 15.7.